The van der Waals surface area contributed by atoms with Crippen LogP contribution in [0.4, 0.5) is 22.7 Å². The van der Waals surface area contributed by atoms with Crippen molar-refractivity contribution in [2.45, 2.75) is 25.9 Å². The molecule has 2 unspecified atom stereocenters. The average Bonchev–Trinajstić information content (AvgIpc) is 3.49. The Bertz CT molecular complexity index is 1620. The number of carbonyl (C=O) groups is 2. The minimum Gasteiger partial charge on any atom is -0.457 e. The van der Waals surface area contributed by atoms with Crippen LogP contribution in [0.1, 0.15) is 13.8 Å². The minimum atomic E-state index is -0.766. The lowest BCUT2D eigenvalue weighted by Crippen LogP contribution is -2.29. The molecule has 0 spiro atoms. The van der Waals surface area contributed by atoms with Gasteiger partial charge in [0, 0.05) is 0 Å². The van der Waals surface area contributed by atoms with E-state index in [4.69, 9.17) is 4.74 Å². The van der Waals surface area contributed by atoms with Gasteiger partial charge in [-0.2, -0.15) is 40.7 Å². The second kappa shape index (κ2) is 12.0. The highest BCUT2D eigenvalue weighted by Gasteiger charge is 2.35. The van der Waals surface area contributed by atoms with Crippen LogP contribution in [0.5, 0.6) is 11.5 Å². The van der Waals surface area contributed by atoms with Crippen molar-refractivity contribution in [1.82, 2.24) is 0 Å². The van der Waals surface area contributed by atoms with E-state index >= 15 is 0 Å². The molecular formula is C32H26N8O3. The SMILES string of the molecule is CC1=NN(c2ccccc2)C(=O)C1N=Nc1ccc(Oc2ccc(N=NC3C(=O)N(c4ccccc4)N=C3C)cc2)cc1. The van der Waals surface area contributed by atoms with Crippen LogP contribution in [-0.2, 0) is 9.59 Å². The maximum absolute atomic E-state index is 12.8. The van der Waals surface area contributed by atoms with Gasteiger partial charge in [0.2, 0.25) is 0 Å². The Hall–Kier alpha value is -5.84. The van der Waals surface area contributed by atoms with Gasteiger partial charge < -0.3 is 4.74 Å². The summed E-state index contributed by atoms with van der Waals surface area (Å²) < 4.78 is 5.93. The quantitative estimate of drug-likeness (QED) is 0.208. The molecule has 6 rings (SSSR count). The summed E-state index contributed by atoms with van der Waals surface area (Å²) in [4.78, 5) is 25.7. The minimum absolute atomic E-state index is 0.248. The molecule has 0 aliphatic carbocycles. The van der Waals surface area contributed by atoms with Crippen LogP contribution in [0.2, 0.25) is 0 Å². The van der Waals surface area contributed by atoms with Gasteiger partial charge >= 0.3 is 0 Å². The Labute approximate surface area is 247 Å². The number of ether oxygens (including phenoxy) is 1. The summed E-state index contributed by atoms with van der Waals surface area (Å²) >= 11 is 0. The van der Waals surface area contributed by atoms with Crippen molar-refractivity contribution >= 4 is 46.0 Å². The molecule has 2 aliphatic heterocycles. The predicted octanol–water partition coefficient (Wildman–Crippen LogP) is 7.23. The van der Waals surface area contributed by atoms with Gasteiger partial charge in [0.1, 0.15) is 11.5 Å². The number of hydrogen-bond donors (Lipinski definition) is 0. The molecule has 43 heavy (non-hydrogen) atoms. The predicted molar refractivity (Wildman–Crippen MR) is 164 cm³/mol. The maximum Gasteiger partial charge on any atom is 0.280 e. The molecule has 0 radical (unpaired) electrons. The number of para-hydroxylation sites is 2. The number of azo groups is 2. The number of benzene rings is 4. The van der Waals surface area contributed by atoms with Gasteiger partial charge in [0.15, 0.2) is 12.1 Å². The average molecular weight is 571 g/mol. The van der Waals surface area contributed by atoms with E-state index in [1.165, 1.54) is 10.0 Å². The molecule has 4 aromatic carbocycles. The van der Waals surface area contributed by atoms with E-state index in [9.17, 15) is 9.59 Å². The van der Waals surface area contributed by atoms with Crippen LogP contribution in [0, 0.1) is 0 Å². The molecule has 4 aromatic rings. The summed E-state index contributed by atoms with van der Waals surface area (Å²) in [7, 11) is 0. The number of hydrazone groups is 2. The lowest BCUT2D eigenvalue weighted by molar-refractivity contribution is -0.118. The highest BCUT2D eigenvalue weighted by molar-refractivity contribution is 6.18. The maximum atomic E-state index is 12.8. The fourth-order valence-corrected chi connectivity index (χ4v) is 4.43. The molecule has 11 nitrogen and oxygen atoms in total. The Morgan fingerprint density at radius 3 is 1.30 bits per heavy atom. The second-order valence-electron chi connectivity index (χ2n) is 9.78. The molecule has 2 amide bonds. The summed E-state index contributed by atoms with van der Waals surface area (Å²) in [6.45, 7) is 3.52. The highest BCUT2D eigenvalue weighted by atomic mass is 16.5. The van der Waals surface area contributed by atoms with Gasteiger partial charge in [0.25, 0.3) is 11.8 Å². The van der Waals surface area contributed by atoms with Crippen molar-refractivity contribution in [2.75, 3.05) is 10.0 Å². The summed E-state index contributed by atoms with van der Waals surface area (Å²) in [6, 6.07) is 31.0. The first-order valence-electron chi connectivity index (χ1n) is 13.5. The van der Waals surface area contributed by atoms with Crippen molar-refractivity contribution in [3.05, 3.63) is 109 Å². The molecule has 0 aromatic heterocycles. The summed E-state index contributed by atoms with van der Waals surface area (Å²) in [5, 5.41) is 28.4. The number of rotatable bonds is 8. The first kappa shape index (κ1) is 27.3. The van der Waals surface area contributed by atoms with Crippen molar-refractivity contribution in [3.63, 3.8) is 0 Å². The van der Waals surface area contributed by atoms with Crippen molar-refractivity contribution in [3.8, 4) is 11.5 Å². The van der Waals surface area contributed by atoms with Gasteiger partial charge in [-0.1, -0.05) is 36.4 Å². The Morgan fingerprint density at radius 2 is 0.930 bits per heavy atom. The lowest BCUT2D eigenvalue weighted by Gasteiger charge is -2.11. The second-order valence-corrected chi connectivity index (χ2v) is 9.78. The molecule has 0 saturated carbocycles. The zero-order valence-electron chi connectivity index (χ0n) is 23.3. The van der Waals surface area contributed by atoms with Crippen molar-refractivity contribution in [1.29, 1.82) is 0 Å². The van der Waals surface area contributed by atoms with E-state index in [1.807, 2.05) is 60.7 Å². The highest BCUT2D eigenvalue weighted by Crippen LogP contribution is 2.28. The van der Waals surface area contributed by atoms with E-state index < -0.39 is 12.1 Å². The monoisotopic (exact) mass is 570 g/mol. The third kappa shape index (κ3) is 5.96. The van der Waals surface area contributed by atoms with E-state index in [0.29, 0.717) is 45.7 Å². The zero-order valence-corrected chi connectivity index (χ0v) is 23.3. The van der Waals surface area contributed by atoms with Gasteiger partial charge in [-0.3, -0.25) is 9.59 Å². The van der Waals surface area contributed by atoms with Crippen LogP contribution >= 0.6 is 0 Å². The summed E-state index contributed by atoms with van der Waals surface area (Å²) in [5.74, 6) is 0.704. The van der Waals surface area contributed by atoms with E-state index in [2.05, 4.69) is 30.7 Å². The molecule has 0 saturated heterocycles. The number of hydrogen-bond acceptors (Lipinski definition) is 9. The number of anilines is 2. The van der Waals surface area contributed by atoms with E-state index in [0.717, 1.165) is 0 Å². The molecule has 0 fully saturated rings. The van der Waals surface area contributed by atoms with Crippen LogP contribution in [-0.4, -0.2) is 35.3 Å². The van der Waals surface area contributed by atoms with Gasteiger partial charge in [0.05, 0.1) is 34.2 Å². The fourth-order valence-electron chi connectivity index (χ4n) is 4.43. The summed E-state index contributed by atoms with van der Waals surface area (Å²) in [6.07, 6.45) is 0. The number of nitrogens with zero attached hydrogens (tertiary/aromatic N) is 8. The first-order valence-corrected chi connectivity index (χ1v) is 13.5. The van der Waals surface area contributed by atoms with Crippen molar-refractivity contribution < 1.29 is 14.3 Å². The largest absolute Gasteiger partial charge is 0.457 e. The molecule has 2 aliphatic rings. The molecule has 11 heteroatoms. The zero-order chi connectivity index (χ0) is 29.8. The lowest BCUT2D eigenvalue weighted by atomic mass is 10.2. The van der Waals surface area contributed by atoms with Crippen LogP contribution < -0.4 is 14.8 Å². The Kier molecular flexibility index (Phi) is 7.60. The van der Waals surface area contributed by atoms with Gasteiger partial charge in [-0.05, 0) is 86.6 Å². The number of carbonyl (C=O) groups excluding carboxylic acids is 2. The molecular weight excluding hydrogens is 544 g/mol. The Balaban J connectivity index is 1.04. The molecule has 0 N–H and O–H groups in total. The smallest absolute Gasteiger partial charge is 0.280 e. The van der Waals surface area contributed by atoms with Crippen LogP contribution in [0.25, 0.3) is 0 Å². The number of amides is 2. The first-order chi connectivity index (χ1) is 21.0. The van der Waals surface area contributed by atoms with Crippen molar-refractivity contribution in [2.24, 2.45) is 30.7 Å². The van der Waals surface area contributed by atoms with E-state index in [1.54, 1.807) is 62.4 Å². The molecule has 2 atom stereocenters. The summed E-state index contributed by atoms with van der Waals surface area (Å²) in [5.41, 5.74) is 3.68. The van der Waals surface area contributed by atoms with Gasteiger partial charge in [-0.15, -0.1) is 0 Å². The molecule has 212 valence electrons. The standard InChI is InChI=1S/C32H26N8O3/c1-21-29(31(41)39(37-21)25-9-5-3-6-10-25)35-33-23-13-17-27(18-14-23)43-28-19-15-24(16-20-28)34-36-30-22(2)38-40(32(30)42)26-11-7-4-8-12-26/h3-20,29-30H,1-2H3. The topological polar surface area (TPSA) is 124 Å². The third-order valence-corrected chi connectivity index (χ3v) is 6.68. The van der Waals surface area contributed by atoms with Crippen LogP contribution in [0.3, 0.4) is 0 Å². The van der Waals surface area contributed by atoms with Crippen LogP contribution in [0.15, 0.2) is 140 Å². The fraction of sp³-hybridized carbons (Fsp3) is 0.125. The normalized spacial score (nSPS) is 18.6. The van der Waals surface area contributed by atoms with E-state index in [-0.39, 0.29) is 11.8 Å². The van der Waals surface area contributed by atoms with Gasteiger partial charge in [-0.25, -0.2) is 0 Å². The third-order valence-electron chi connectivity index (χ3n) is 6.68. The molecule has 2 heterocycles. The molecule has 0 bridgehead atoms. The Morgan fingerprint density at radius 1 is 0.558 bits per heavy atom.